The van der Waals surface area contributed by atoms with Crippen molar-refractivity contribution in [1.82, 2.24) is 19.7 Å². The van der Waals surface area contributed by atoms with Crippen LogP contribution in [-0.4, -0.2) is 35.2 Å². The Balaban J connectivity index is 1.73. The van der Waals surface area contributed by atoms with Gasteiger partial charge in [0.15, 0.2) is 0 Å². The van der Waals surface area contributed by atoms with Gasteiger partial charge in [0.25, 0.3) is 5.91 Å². The van der Waals surface area contributed by atoms with Crippen LogP contribution < -0.4 is 5.32 Å². The number of hydrogen-bond donors (Lipinski definition) is 1. The molecule has 0 atom stereocenters. The van der Waals surface area contributed by atoms with Crippen LogP contribution in [0.1, 0.15) is 29.8 Å². The Hall–Kier alpha value is -3.52. The van der Waals surface area contributed by atoms with Crippen molar-refractivity contribution in [2.75, 3.05) is 6.54 Å². The van der Waals surface area contributed by atoms with Crippen molar-refractivity contribution in [3.63, 3.8) is 0 Å². The zero-order chi connectivity index (χ0) is 22.4. The Morgan fingerprint density at radius 1 is 1.23 bits per heavy atom. The van der Waals surface area contributed by atoms with Gasteiger partial charge in [-0.25, -0.2) is 18.4 Å². The lowest BCUT2D eigenvalue weighted by Crippen LogP contribution is -2.25. The summed E-state index contributed by atoms with van der Waals surface area (Å²) < 4.78 is 27.7. The first-order valence-electron chi connectivity index (χ1n) is 9.76. The molecule has 2 heterocycles. The molecule has 0 bridgehead atoms. The molecule has 31 heavy (non-hydrogen) atoms. The summed E-state index contributed by atoms with van der Waals surface area (Å²) in [5.74, 6) is 0.230. The lowest BCUT2D eigenvalue weighted by Gasteiger charge is -2.10. The summed E-state index contributed by atoms with van der Waals surface area (Å²) >= 11 is 0. The number of rotatable bonds is 8. The van der Waals surface area contributed by atoms with E-state index in [4.69, 9.17) is 0 Å². The molecule has 3 rings (SSSR count). The van der Waals surface area contributed by atoms with Gasteiger partial charge in [0, 0.05) is 31.3 Å². The van der Waals surface area contributed by atoms with E-state index < -0.39 is 9.84 Å². The molecular formula is C23H24N4O3S. The van der Waals surface area contributed by atoms with E-state index in [1.54, 1.807) is 54.2 Å². The van der Waals surface area contributed by atoms with Crippen molar-refractivity contribution in [3.8, 4) is 0 Å². The van der Waals surface area contributed by atoms with Gasteiger partial charge in [0.2, 0.25) is 15.6 Å². The third-order valence-electron chi connectivity index (χ3n) is 4.72. The number of fused-ring (bicyclic) bond motifs is 1. The summed E-state index contributed by atoms with van der Waals surface area (Å²) in [7, 11) is -3.68. The third-order valence-corrected chi connectivity index (χ3v) is 6.62. The number of allylic oxidation sites excluding steroid dienone is 3. The van der Waals surface area contributed by atoms with Gasteiger partial charge >= 0.3 is 0 Å². The molecule has 0 saturated heterocycles. The Labute approximate surface area is 181 Å². The average Bonchev–Trinajstić information content (AvgIpc) is 3.25. The lowest BCUT2D eigenvalue weighted by molar-refractivity contribution is 0.0956. The van der Waals surface area contributed by atoms with E-state index in [-0.39, 0.29) is 22.3 Å². The van der Waals surface area contributed by atoms with E-state index in [9.17, 15) is 13.2 Å². The van der Waals surface area contributed by atoms with Gasteiger partial charge in [0.05, 0.1) is 15.4 Å². The number of amides is 1. The molecule has 0 radical (unpaired) electrons. The minimum atomic E-state index is -3.68. The van der Waals surface area contributed by atoms with E-state index >= 15 is 0 Å². The Morgan fingerprint density at radius 3 is 2.74 bits per heavy atom. The molecule has 0 spiro atoms. The van der Waals surface area contributed by atoms with Gasteiger partial charge in [-0.15, -0.1) is 0 Å². The smallest absolute Gasteiger partial charge is 0.254 e. The first-order valence-corrected chi connectivity index (χ1v) is 11.2. The van der Waals surface area contributed by atoms with E-state index in [1.807, 2.05) is 13.0 Å². The van der Waals surface area contributed by atoms with Gasteiger partial charge in [-0.1, -0.05) is 49.4 Å². The highest BCUT2D eigenvalue weighted by Crippen LogP contribution is 2.24. The van der Waals surface area contributed by atoms with Gasteiger partial charge in [0.1, 0.15) is 0 Å². The molecule has 0 aliphatic carbocycles. The van der Waals surface area contributed by atoms with Crippen LogP contribution in [0.15, 0.2) is 89.2 Å². The Bertz CT molecular complexity index is 1290. The van der Waals surface area contributed by atoms with E-state index in [0.717, 1.165) is 11.1 Å². The number of hydrogen-bond acceptors (Lipinski definition) is 5. The summed E-state index contributed by atoms with van der Waals surface area (Å²) in [6.07, 6.45) is 11.5. The molecule has 8 heteroatoms. The second-order valence-corrected chi connectivity index (χ2v) is 8.83. The molecule has 0 aliphatic heterocycles. The van der Waals surface area contributed by atoms with Crippen LogP contribution in [0.4, 0.5) is 0 Å². The number of sulfone groups is 1. The largest absolute Gasteiger partial charge is 0.348 e. The fourth-order valence-electron chi connectivity index (χ4n) is 2.99. The zero-order valence-corrected chi connectivity index (χ0v) is 18.3. The number of nitrogens with one attached hydrogen (secondary N) is 1. The minimum absolute atomic E-state index is 0.105. The van der Waals surface area contributed by atoms with Crippen molar-refractivity contribution in [3.05, 3.63) is 95.5 Å². The fourth-order valence-corrected chi connectivity index (χ4v) is 4.53. The van der Waals surface area contributed by atoms with Crippen molar-refractivity contribution in [1.29, 1.82) is 0 Å². The maximum Gasteiger partial charge on any atom is 0.254 e. The highest BCUT2D eigenvalue weighted by molar-refractivity contribution is 7.95. The molecule has 1 N–H and O–H groups in total. The second-order valence-electron chi connectivity index (χ2n) is 6.91. The molecule has 1 aromatic carbocycles. The fraction of sp³-hybridized carbons (Fsp3) is 0.174. The average molecular weight is 437 g/mol. The summed E-state index contributed by atoms with van der Waals surface area (Å²) in [5.41, 5.74) is 1.94. The third kappa shape index (κ3) is 4.97. The number of benzene rings is 1. The first kappa shape index (κ1) is 22.2. The summed E-state index contributed by atoms with van der Waals surface area (Å²) in [6, 6.07) is 6.94. The maximum atomic E-state index is 13.0. The van der Waals surface area contributed by atoms with E-state index in [1.165, 1.54) is 18.3 Å². The number of carbonyl (C=O) groups excluding carboxylic acids is 1. The Morgan fingerprint density at radius 2 is 2.00 bits per heavy atom. The van der Waals surface area contributed by atoms with Crippen molar-refractivity contribution >= 4 is 21.5 Å². The highest BCUT2D eigenvalue weighted by atomic mass is 32.2. The molecule has 0 unspecified atom stereocenters. The van der Waals surface area contributed by atoms with Crippen LogP contribution in [0.2, 0.25) is 0 Å². The molecule has 0 saturated carbocycles. The predicted octanol–water partition coefficient (Wildman–Crippen LogP) is 3.51. The van der Waals surface area contributed by atoms with Crippen LogP contribution in [0.3, 0.4) is 0 Å². The maximum absolute atomic E-state index is 13.0. The molecule has 0 aliphatic rings. The summed E-state index contributed by atoms with van der Waals surface area (Å²) in [5, 5.41) is 2.80. The van der Waals surface area contributed by atoms with Gasteiger partial charge in [-0.3, -0.25) is 9.20 Å². The van der Waals surface area contributed by atoms with Crippen LogP contribution in [0.5, 0.6) is 0 Å². The Kier molecular flexibility index (Phi) is 6.81. The molecule has 160 valence electrons. The SMILES string of the molecule is C=C/C(=C\C=C(/C)CNC(=O)c1cnc2nccn2c1)S(=O)(=O)c1ccccc1CC. The molecule has 7 nitrogen and oxygen atoms in total. The van der Waals surface area contributed by atoms with E-state index in [2.05, 4.69) is 21.9 Å². The van der Waals surface area contributed by atoms with Crippen LogP contribution >= 0.6 is 0 Å². The number of nitrogens with zero attached hydrogens (tertiary/aromatic N) is 3. The van der Waals surface area contributed by atoms with Crippen molar-refractivity contribution in [2.45, 2.75) is 25.2 Å². The van der Waals surface area contributed by atoms with Crippen molar-refractivity contribution < 1.29 is 13.2 Å². The molecule has 1 amide bonds. The lowest BCUT2D eigenvalue weighted by atomic mass is 10.2. The molecular weight excluding hydrogens is 412 g/mol. The molecule has 2 aromatic heterocycles. The number of aryl methyl sites for hydroxylation is 1. The van der Waals surface area contributed by atoms with Crippen LogP contribution in [0.25, 0.3) is 5.78 Å². The first-order chi connectivity index (χ1) is 14.9. The minimum Gasteiger partial charge on any atom is -0.348 e. The van der Waals surface area contributed by atoms with Crippen LogP contribution in [0, 0.1) is 0 Å². The summed E-state index contributed by atoms with van der Waals surface area (Å²) in [6.45, 7) is 7.64. The van der Waals surface area contributed by atoms with E-state index in [0.29, 0.717) is 17.8 Å². The standard InChI is InChI=1S/C23H24N4O3S/c1-4-18-8-6-7-9-21(18)31(29,30)20(5-2)11-10-17(3)14-25-22(28)19-15-26-23-24-12-13-27(23)16-19/h5-13,15-16H,2,4,14H2,1,3H3,(H,25,28)/b17-10+,20-11+. The number of imidazole rings is 1. The van der Waals surface area contributed by atoms with Gasteiger partial charge < -0.3 is 5.32 Å². The van der Waals surface area contributed by atoms with Gasteiger partial charge in [-0.05, 0) is 31.1 Å². The number of carbonyl (C=O) groups is 1. The zero-order valence-electron chi connectivity index (χ0n) is 17.4. The quantitative estimate of drug-likeness (QED) is 0.546. The summed E-state index contributed by atoms with van der Waals surface area (Å²) in [4.78, 5) is 20.9. The van der Waals surface area contributed by atoms with Crippen molar-refractivity contribution in [2.24, 2.45) is 0 Å². The molecule has 0 fully saturated rings. The second kappa shape index (κ2) is 9.53. The predicted molar refractivity (Wildman–Crippen MR) is 120 cm³/mol. The normalized spacial score (nSPS) is 12.7. The molecule has 3 aromatic rings. The topological polar surface area (TPSA) is 93.4 Å². The monoisotopic (exact) mass is 436 g/mol. The number of aromatic nitrogens is 3. The van der Waals surface area contributed by atoms with Gasteiger partial charge in [-0.2, -0.15) is 0 Å². The highest BCUT2D eigenvalue weighted by Gasteiger charge is 2.20. The van der Waals surface area contributed by atoms with Crippen LogP contribution in [-0.2, 0) is 16.3 Å².